The molecule has 0 aliphatic carbocycles. The van der Waals surface area contributed by atoms with Gasteiger partial charge < -0.3 is 10.1 Å². The van der Waals surface area contributed by atoms with Crippen LogP contribution in [0, 0.1) is 6.92 Å². The molecule has 2 atom stereocenters. The highest BCUT2D eigenvalue weighted by molar-refractivity contribution is 5.31. The van der Waals surface area contributed by atoms with Crippen LogP contribution in [0.1, 0.15) is 32.8 Å². The summed E-state index contributed by atoms with van der Waals surface area (Å²) in [6.07, 6.45) is 1.28. The molecule has 0 spiro atoms. The van der Waals surface area contributed by atoms with Gasteiger partial charge in [-0.2, -0.15) is 0 Å². The number of rotatable bonds is 6. The Morgan fingerprint density at radius 2 is 1.94 bits per heavy atom. The fraction of sp³-hybridized carbons (Fsp3) is 0.571. The number of ether oxygens (including phenoxy) is 1. The molecule has 0 fully saturated rings. The molecule has 0 amide bonds. The minimum atomic E-state index is 0.246. The molecule has 2 nitrogen and oxygen atoms in total. The standard InChI is InChI=1S/C14H23NO/c1-5-15-12(3)10-13(4)16-14-9-7-6-8-11(14)2/h6-9,12-13,15H,5,10H2,1-4H3. The zero-order chi connectivity index (χ0) is 12.0. The lowest BCUT2D eigenvalue weighted by atomic mass is 10.1. The second-order valence-electron chi connectivity index (χ2n) is 4.39. The molecule has 1 aromatic carbocycles. The second kappa shape index (κ2) is 6.54. The first-order valence-corrected chi connectivity index (χ1v) is 6.09. The van der Waals surface area contributed by atoms with Gasteiger partial charge >= 0.3 is 0 Å². The van der Waals surface area contributed by atoms with Crippen molar-refractivity contribution in [3.05, 3.63) is 29.8 Å². The summed E-state index contributed by atoms with van der Waals surface area (Å²) in [6, 6.07) is 8.67. The maximum Gasteiger partial charge on any atom is 0.122 e. The number of hydrogen-bond donors (Lipinski definition) is 1. The third-order valence-electron chi connectivity index (χ3n) is 2.66. The lowest BCUT2D eigenvalue weighted by Crippen LogP contribution is -2.30. The second-order valence-corrected chi connectivity index (χ2v) is 4.39. The lowest BCUT2D eigenvalue weighted by Gasteiger charge is -2.20. The van der Waals surface area contributed by atoms with Crippen LogP contribution in [-0.2, 0) is 0 Å². The molecule has 1 N–H and O–H groups in total. The number of aryl methyl sites for hydroxylation is 1. The van der Waals surface area contributed by atoms with Crippen molar-refractivity contribution in [1.82, 2.24) is 5.32 Å². The van der Waals surface area contributed by atoms with Crippen LogP contribution in [0.2, 0.25) is 0 Å². The van der Waals surface area contributed by atoms with Crippen LogP contribution >= 0.6 is 0 Å². The molecule has 1 rings (SSSR count). The first-order chi connectivity index (χ1) is 7.63. The molecule has 0 bridgehead atoms. The quantitative estimate of drug-likeness (QED) is 0.796. The number of hydrogen-bond acceptors (Lipinski definition) is 2. The van der Waals surface area contributed by atoms with Crippen molar-refractivity contribution in [3.8, 4) is 5.75 Å². The molecule has 0 aromatic heterocycles. The molecular formula is C14H23NO. The highest BCUT2D eigenvalue weighted by Crippen LogP contribution is 2.18. The molecule has 16 heavy (non-hydrogen) atoms. The molecule has 0 saturated heterocycles. The molecule has 0 aliphatic rings. The van der Waals surface area contributed by atoms with Crippen LogP contribution in [-0.4, -0.2) is 18.7 Å². The summed E-state index contributed by atoms with van der Waals surface area (Å²) in [7, 11) is 0. The van der Waals surface area contributed by atoms with Crippen LogP contribution in [0.5, 0.6) is 5.75 Å². The van der Waals surface area contributed by atoms with Gasteiger partial charge in [-0.1, -0.05) is 25.1 Å². The third-order valence-corrected chi connectivity index (χ3v) is 2.66. The minimum Gasteiger partial charge on any atom is -0.490 e. The van der Waals surface area contributed by atoms with Crippen LogP contribution in [0.4, 0.5) is 0 Å². The maximum atomic E-state index is 5.92. The van der Waals surface area contributed by atoms with E-state index in [2.05, 4.69) is 39.1 Å². The Kier molecular flexibility index (Phi) is 5.33. The van der Waals surface area contributed by atoms with Crippen molar-refractivity contribution in [1.29, 1.82) is 0 Å². The van der Waals surface area contributed by atoms with E-state index in [0.717, 1.165) is 18.7 Å². The number of benzene rings is 1. The first kappa shape index (κ1) is 13.0. The SMILES string of the molecule is CCNC(C)CC(C)Oc1ccccc1C. The van der Waals surface area contributed by atoms with Crippen LogP contribution in [0.3, 0.4) is 0 Å². The van der Waals surface area contributed by atoms with Crippen molar-refractivity contribution in [3.63, 3.8) is 0 Å². The van der Waals surface area contributed by atoms with E-state index in [1.807, 2.05) is 18.2 Å². The molecule has 2 heteroatoms. The summed E-state index contributed by atoms with van der Waals surface area (Å²) in [5.41, 5.74) is 1.20. The lowest BCUT2D eigenvalue weighted by molar-refractivity contribution is 0.195. The normalized spacial score (nSPS) is 14.5. The molecule has 1 aromatic rings. The maximum absolute atomic E-state index is 5.92. The van der Waals surface area contributed by atoms with Crippen LogP contribution < -0.4 is 10.1 Å². The van der Waals surface area contributed by atoms with Gasteiger partial charge in [-0.3, -0.25) is 0 Å². The zero-order valence-electron chi connectivity index (χ0n) is 10.8. The predicted octanol–water partition coefficient (Wildman–Crippen LogP) is 3.15. The van der Waals surface area contributed by atoms with E-state index in [1.54, 1.807) is 0 Å². The highest BCUT2D eigenvalue weighted by Gasteiger charge is 2.09. The summed E-state index contributed by atoms with van der Waals surface area (Å²) in [5, 5.41) is 3.40. The Morgan fingerprint density at radius 1 is 1.25 bits per heavy atom. The summed E-state index contributed by atoms with van der Waals surface area (Å²) in [5.74, 6) is 0.999. The molecule has 0 aliphatic heterocycles. The zero-order valence-corrected chi connectivity index (χ0v) is 10.8. The summed E-state index contributed by atoms with van der Waals surface area (Å²) in [4.78, 5) is 0. The van der Waals surface area contributed by atoms with E-state index < -0.39 is 0 Å². The third kappa shape index (κ3) is 4.23. The van der Waals surface area contributed by atoms with Crippen molar-refractivity contribution in [2.75, 3.05) is 6.54 Å². The molecule has 0 saturated carbocycles. The Bertz CT molecular complexity index is 311. The van der Waals surface area contributed by atoms with Gasteiger partial charge in [0.05, 0.1) is 6.10 Å². The predicted molar refractivity (Wildman–Crippen MR) is 69.0 cm³/mol. The molecule has 0 heterocycles. The molecule has 90 valence electrons. The fourth-order valence-electron chi connectivity index (χ4n) is 1.88. The van der Waals surface area contributed by atoms with E-state index in [-0.39, 0.29) is 6.10 Å². The van der Waals surface area contributed by atoms with Gasteiger partial charge in [-0.05, 0) is 45.4 Å². The summed E-state index contributed by atoms with van der Waals surface area (Å²) < 4.78 is 5.92. The average Bonchev–Trinajstić information content (AvgIpc) is 2.21. The van der Waals surface area contributed by atoms with Gasteiger partial charge in [0, 0.05) is 6.04 Å². The van der Waals surface area contributed by atoms with E-state index in [0.29, 0.717) is 6.04 Å². The van der Waals surface area contributed by atoms with E-state index in [1.165, 1.54) is 5.56 Å². The fourth-order valence-corrected chi connectivity index (χ4v) is 1.88. The number of para-hydroxylation sites is 1. The summed E-state index contributed by atoms with van der Waals surface area (Å²) >= 11 is 0. The van der Waals surface area contributed by atoms with Gasteiger partial charge in [0.1, 0.15) is 5.75 Å². The Morgan fingerprint density at radius 3 is 2.56 bits per heavy atom. The van der Waals surface area contributed by atoms with Crippen molar-refractivity contribution in [2.45, 2.75) is 46.3 Å². The average molecular weight is 221 g/mol. The van der Waals surface area contributed by atoms with Crippen LogP contribution in [0.25, 0.3) is 0 Å². The highest BCUT2D eigenvalue weighted by atomic mass is 16.5. The van der Waals surface area contributed by atoms with Crippen molar-refractivity contribution >= 4 is 0 Å². The van der Waals surface area contributed by atoms with Crippen molar-refractivity contribution in [2.24, 2.45) is 0 Å². The largest absolute Gasteiger partial charge is 0.490 e. The van der Waals surface area contributed by atoms with Gasteiger partial charge in [0.15, 0.2) is 0 Å². The van der Waals surface area contributed by atoms with Crippen LogP contribution in [0.15, 0.2) is 24.3 Å². The Labute approximate surface area is 99.0 Å². The monoisotopic (exact) mass is 221 g/mol. The van der Waals surface area contributed by atoms with Gasteiger partial charge in [-0.15, -0.1) is 0 Å². The van der Waals surface area contributed by atoms with Gasteiger partial charge in [0.2, 0.25) is 0 Å². The molecule has 0 radical (unpaired) electrons. The van der Waals surface area contributed by atoms with E-state index >= 15 is 0 Å². The summed E-state index contributed by atoms with van der Waals surface area (Å²) in [6.45, 7) is 9.54. The number of nitrogens with one attached hydrogen (secondary N) is 1. The molecular weight excluding hydrogens is 198 g/mol. The Hall–Kier alpha value is -1.02. The van der Waals surface area contributed by atoms with Gasteiger partial charge in [-0.25, -0.2) is 0 Å². The van der Waals surface area contributed by atoms with Gasteiger partial charge in [0.25, 0.3) is 0 Å². The van der Waals surface area contributed by atoms with Crippen molar-refractivity contribution < 1.29 is 4.74 Å². The molecule has 2 unspecified atom stereocenters. The first-order valence-electron chi connectivity index (χ1n) is 6.09. The minimum absolute atomic E-state index is 0.246. The Balaban J connectivity index is 2.45. The topological polar surface area (TPSA) is 21.3 Å². The van der Waals surface area contributed by atoms with E-state index in [9.17, 15) is 0 Å². The van der Waals surface area contributed by atoms with E-state index in [4.69, 9.17) is 4.74 Å². The smallest absolute Gasteiger partial charge is 0.122 e.